The lowest BCUT2D eigenvalue weighted by atomic mass is 10.2. The first-order valence-electron chi connectivity index (χ1n) is 5.86. The van der Waals surface area contributed by atoms with Crippen LogP contribution in [0.5, 0.6) is 0 Å². The van der Waals surface area contributed by atoms with Crippen molar-refractivity contribution in [1.82, 2.24) is 4.72 Å². The Kier molecular flexibility index (Phi) is 4.54. The number of rotatable bonds is 5. The standard InChI is InChI=1S/C13H14FNO3S2/c1-9-13(6-12(8-16)19-9)20(17,18)15-7-10-2-4-11(14)5-3-10/h2-6,15-16H,7-8H2,1H3. The van der Waals surface area contributed by atoms with E-state index in [4.69, 9.17) is 5.11 Å². The van der Waals surface area contributed by atoms with Crippen molar-refractivity contribution in [2.75, 3.05) is 0 Å². The number of nitrogens with one attached hydrogen (secondary N) is 1. The van der Waals surface area contributed by atoms with E-state index < -0.39 is 10.0 Å². The molecule has 2 aromatic rings. The Labute approximate surface area is 120 Å². The molecule has 0 aliphatic rings. The number of aliphatic hydroxyl groups excluding tert-OH is 1. The van der Waals surface area contributed by atoms with E-state index in [1.807, 2.05) is 0 Å². The van der Waals surface area contributed by atoms with E-state index >= 15 is 0 Å². The van der Waals surface area contributed by atoms with Gasteiger partial charge in [-0.2, -0.15) is 0 Å². The number of aryl methyl sites for hydroxylation is 1. The fraction of sp³-hybridized carbons (Fsp3) is 0.231. The predicted molar refractivity (Wildman–Crippen MR) is 75.4 cm³/mol. The van der Waals surface area contributed by atoms with Crippen LogP contribution in [-0.4, -0.2) is 13.5 Å². The molecule has 0 aliphatic heterocycles. The van der Waals surface area contributed by atoms with Crippen molar-refractivity contribution in [3.63, 3.8) is 0 Å². The highest BCUT2D eigenvalue weighted by Gasteiger charge is 2.19. The zero-order valence-corrected chi connectivity index (χ0v) is 12.4. The minimum Gasteiger partial charge on any atom is -0.391 e. The van der Waals surface area contributed by atoms with Gasteiger partial charge >= 0.3 is 0 Å². The summed E-state index contributed by atoms with van der Waals surface area (Å²) < 4.78 is 39.5. The normalized spacial score (nSPS) is 11.8. The van der Waals surface area contributed by atoms with Crippen molar-refractivity contribution in [1.29, 1.82) is 0 Å². The van der Waals surface area contributed by atoms with Gasteiger partial charge in [-0.25, -0.2) is 17.5 Å². The van der Waals surface area contributed by atoms with Crippen molar-refractivity contribution in [2.24, 2.45) is 0 Å². The third kappa shape index (κ3) is 3.43. The molecule has 7 heteroatoms. The lowest BCUT2D eigenvalue weighted by Crippen LogP contribution is -2.23. The molecule has 0 unspecified atom stereocenters. The highest BCUT2D eigenvalue weighted by atomic mass is 32.2. The molecule has 0 saturated heterocycles. The molecule has 0 radical (unpaired) electrons. The smallest absolute Gasteiger partial charge is 0.241 e. The Bertz CT molecular complexity index is 693. The molecule has 2 rings (SSSR count). The van der Waals surface area contributed by atoms with Gasteiger partial charge in [0.05, 0.1) is 11.5 Å². The van der Waals surface area contributed by atoms with Gasteiger partial charge < -0.3 is 5.11 Å². The van der Waals surface area contributed by atoms with E-state index in [1.54, 1.807) is 6.92 Å². The number of sulfonamides is 1. The van der Waals surface area contributed by atoms with E-state index in [0.29, 0.717) is 15.3 Å². The molecule has 0 fully saturated rings. The molecular weight excluding hydrogens is 301 g/mol. The summed E-state index contributed by atoms with van der Waals surface area (Å²) >= 11 is 1.25. The van der Waals surface area contributed by atoms with Gasteiger partial charge in [-0.05, 0) is 30.7 Å². The largest absolute Gasteiger partial charge is 0.391 e. The summed E-state index contributed by atoms with van der Waals surface area (Å²) in [4.78, 5) is 1.40. The average Bonchev–Trinajstić information content (AvgIpc) is 2.80. The number of halogens is 1. The second-order valence-electron chi connectivity index (χ2n) is 4.24. The van der Waals surface area contributed by atoms with E-state index in [-0.39, 0.29) is 23.9 Å². The maximum Gasteiger partial charge on any atom is 0.241 e. The van der Waals surface area contributed by atoms with Crippen molar-refractivity contribution < 1.29 is 17.9 Å². The molecule has 1 heterocycles. The van der Waals surface area contributed by atoms with Gasteiger partial charge in [0, 0.05) is 16.3 Å². The molecule has 0 atom stereocenters. The summed E-state index contributed by atoms with van der Waals surface area (Å²) in [5, 5.41) is 9.03. The topological polar surface area (TPSA) is 66.4 Å². The summed E-state index contributed by atoms with van der Waals surface area (Å²) in [6.45, 7) is 1.60. The summed E-state index contributed by atoms with van der Waals surface area (Å²) in [6.07, 6.45) is 0. The van der Waals surface area contributed by atoms with E-state index in [0.717, 1.165) is 0 Å². The van der Waals surface area contributed by atoms with Crippen LogP contribution in [0.3, 0.4) is 0 Å². The van der Waals surface area contributed by atoms with E-state index in [1.165, 1.54) is 41.7 Å². The van der Waals surface area contributed by atoms with Crippen molar-refractivity contribution in [3.8, 4) is 0 Å². The monoisotopic (exact) mass is 315 g/mol. The third-order valence-electron chi connectivity index (χ3n) is 2.75. The molecule has 20 heavy (non-hydrogen) atoms. The van der Waals surface area contributed by atoms with Gasteiger partial charge in [0.25, 0.3) is 0 Å². The molecule has 2 N–H and O–H groups in total. The molecule has 0 spiro atoms. The van der Waals surface area contributed by atoms with Crippen LogP contribution >= 0.6 is 11.3 Å². The van der Waals surface area contributed by atoms with E-state index in [2.05, 4.69) is 4.72 Å². The van der Waals surface area contributed by atoms with Crippen LogP contribution in [-0.2, 0) is 23.2 Å². The summed E-state index contributed by atoms with van der Waals surface area (Å²) in [5.74, 6) is -0.363. The Morgan fingerprint density at radius 2 is 1.95 bits per heavy atom. The quantitative estimate of drug-likeness (QED) is 0.888. The molecule has 1 aromatic heterocycles. The SMILES string of the molecule is Cc1sc(CO)cc1S(=O)(=O)NCc1ccc(F)cc1. The summed E-state index contributed by atoms with van der Waals surface area (Å²) in [6, 6.07) is 7.08. The Hall–Kier alpha value is -1.28. The van der Waals surface area contributed by atoms with Gasteiger partial charge in [-0.15, -0.1) is 11.3 Å². The first-order chi connectivity index (χ1) is 9.42. The van der Waals surface area contributed by atoms with Gasteiger partial charge in [-0.1, -0.05) is 12.1 Å². The van der Waals surface area contributed by atoms with Crippen molar-refractivity contribution >= 4 is 21.4 Å². The van der Waals surface area contributed by atoms with Crippen LogP contribution < -0.4 is 4.72 Å². The summed E-state index contributed by atoms with van der Waals surface area (Å²) in [5.41, 5.74) is 0.672. The van der Waals surface area contributed by atoms with E-state index in [9.17, 15) is 12.8 Å². The second kappa shape index (κ2) is 6.01. The number of aliphatic hydroxyl groups is 1. The molecule has 0 aliphatic carbocycles. The van der Waals surface area contributed by atoms with Crippen LogP contribution in [0, 0.1) is 12.7 Å². The maximum absolute atomic E-state index is 12.8. The first kappa shape index (κ1) is 15.1. The molecule has 0 amide bonds. The fourth-order valence-electron chi connectivity index (χ4n) is 1.73. The van der Waals surface area contributed by atoms with Gasteiger partial charge in [0.15, 0.2) is 0 Å². The zero-order chi connectivity index (χ0) is 14.8. The molecule has 4 nitrogen and oxygen atoms in total. The Morgan fingerprint density at radius 1 is 1.30 bits per heavy atom. The number of hydrogen-bond acceptors (Lipinski definition) is 4. The van der Waals surface area contributed by atoms with Gasteiger partial charge in [0.2, 0.25) is 10.0 Å². The lowest BCUT2D eigenvalue weighted by Gasteiger charge is -2.06. The molecule has 0 bridgehead atoms. The minimum absolute atomic E-state index is 0.0896. The zero-order valence-electron chi connectivity index (χ0n) is 10.8. The van der Waals surface area contributed by atoms with Crippen molar-refractivity contribution in [3.05, 3.63) is 51.5 Å². The lowest BCUT2D eigenvalue weighted by molar-refractivity contribution is 0.285. The third-order valence-corrected chi connectivity index (χ3v) is 5.44. The average molecular weight is 315 g/mol. The van der Waals surface area contributed by atoms with Crippen LogP contribution in [0.1, 0.15) is 15.3 Å². The maximum atomic E-state index is 12.8. The molecule has 0 saturated carbocycles. The first-order valence-corrected chi connectivity index (χ1v) is 8.16. The number of thiophene rings is 1. The van der Waals surface area contributed by atoms with Crippen molar-refractivity contribution in [2.45, 2.75) is 25.0 Å². The van der Waals surface area contributed by atoms with Gasteiger partial charge in [0.1, 0.15) is 5.82 Å². The fourth-order valence-corrected chi connectivity index (χ4v) is 4.24. The highest BCUT2D eigenvalue weighted by molar-refractivity contribution is 7.89. The van der Waals surface area contributed by atoms with Crippen LogP contribution in [0.4, 0.5) is 4.39 Å². The summed E-state index contributed by atoms with van der Waals surface area (Å²) in [7, 11) is -3.63. The van der Waals surface area contributed by atoms with Gasteiger partial charge in [-0.3, -0.25) is 0 Å². The molecular formula is C13H14FNO3S2. The number of hydrogen-bond donors (Lipinski definition) is 2. The number of benzene rings is 1. The molecule has 1 aromatic carbocycles. The van der Waals surface area contributed by atoms with Crippen LogP contribution in [0.2, 0.25) is 0 Å². The second-order valence-corrected chi connectivity index (χ2v) is 7.32. The highest BCUT2D eigenvalue weighted by Crippen LogP contribution is 2.25. The predicted octanol–water partition coefficient (Wildman–Crippen LogP) is 2.17. The Morgan fingerprint density at radius 3 is 2.50 bits per heavy atom. The van der Waals surface area contributed by atoms with Crippen LogP contribution in [0.25, 0.3) is 0 Å². The minimum atomic E-state index is -3.63. The Balaban J connectivity index is 2.14. The van der Waals surface area contributed by atoms with Crippen LogP contribution in [0.15, 0.2) is 35.2 Å². The molecule has 108 valence electrons.